The van der Waals surface area contributed by atoms with Crippen molar-refractivity contribution in [1.82, 2.24) is 4.90 Å². The van der Waals surface area contributed by atoms with Crippen LogP contribution in [0.15, 0.2) is 42.5 Å². The number of ketones is 5. The van der Waals surface area contributed by atoms with Gasteiger partial charge in [-0.15, -0.1) is 0 Å². The average Bonchev–Trinajstić information content (AvgIpc) is 3.69. The minimum Gasteiger partial charge on any atom is -0.465 e. The lowest BCUT2D eigenvalue weighted by Crippen LogP contribution is -2.40. The third kappa shape index (κ3) is 32.6. The minimum absolute atomic E-state index is 0.0234. The number of nitrogens with zero attached hydrogens (tertiary/aromatic N) is 1. The van der Waals surface area contributed by atoms with Crippen molar-refractivity contribution in [2.75, 3.05) is 40.6 Å². The van der Waals surface area contributed by atoms with E-state index in [2.05, 4.69) is 121 Å². The molecular formula is C37H49NO35. The molecule has 1 aliphatic rings. The number of carbonyl (C=O) groups excluding carboxylic acids is 8. The highest BCUT2D eigenvalue weighted by molar-refractivity contribution is 6.13. The Morgan fingerprint density at radius 3 is 1.45 bits per heavy atom. The van der Waals surface area contributed by atoms with E-state index >= 15 is 0 Å². The topological polar surface area (TPSA) is 389 Å². The van der Waals surface area contributed by atoms with Gasteiger partial charge in [0.1, 0.15) is 35.5 Å². The van der Waals surface area contributed by atoms with Gasteiger partial charge in [-0.2, -0.15) is 0 Å². The molecule has 36 heteroatoms. The number of Topliss-reactive ketones (excluding diaryl/α,β-unsaturated/α-hetero) is 5. The maximum atomic E-state index is 13.4. The first-order chi connectivity index (χ1) is 35.4. The quantitative estimate of drug-likeness (QED) is 0.0296. The summed E-state index contributed by atoms with van der Waals surface area (Å²) in [6.45, 7) is -1.23. The highest BCUT2D eigenvalue weighted by Crippen LogP contribution is 2.28. The molecule has 1 unspecified atom stereocenters. The molecule has 0 saturated carbocycles. The molecule has 1 heterocycles. The van der Waals surface area contributed by atoms with Crippen molar-refractivity contribution in [2.24, 2.45) is 11.3 Å². The summed E-state index contributed by atoms with van der Waals surface area (Å²) in [5, 5.41) is 84.8. The highest BCUT2D eigenvalue weighted by Gasteiger charge is 2.38. The third-order valence-electron chi connectivity index (χ3n) is 8.87. The van der Waals surface area contributed by atoms with E-state index in [1.54, 1.807) is 30.3 Å². The van der Waals surface area contributed by atoms with E-state index in [1.165, 1.54) is 6.92 Å². The monoisotopic (exact) mass is 1070 g/mol. The van der Waals surface area contributed by atoms with Gasteiger partial charge < -0.3 is 9.53 Å². The van der Waals surface area contributed by atoms with Crippen LogP contribution in [0.5, 0.6) is 0 Å². The van der Waals surface area contributed by atoms with Crippen LogP contribution in [0.3, 0.4) is 0 Å². The summed E-state index contributed by atoms with van der Waals surface area (Å²) in [6.07, 6.45) is 0.424. The molecule has 0 aromatic heterocycles. The van der Waals surface area contributed by atoms with Gasteiger partial charge in [0, 0.05) is 82.4 Å². The molecule has 0 bridgehead atoms. The fraction of sp³-hybridized carbons (Fsp3) is 0.568. The zero-order valence-corrected chi connectivity index (χ0v) is 38.7. The molecule has 0 N–H and O–H groups in total. The maximum absolute atomic E-state index is 13.4. The summed E-state index contributed by atoms with van der Waals surface area (Å²) in [4.78, 5) is 119. The van der Waals surface area contributed by atoms with Gasteiger partial charge in [-0.1, -0.05) is 30.3 Å². The van der Waals surface area contributed by atoms with E-state index < -0.39 is 61.1 Å². The van der Waals surface area contributed by atoms with Crippen LogP contribution in [0.1, 0.15) is 83.1 Å². The van der Waals surface area contributed by atoms with Crippen LogP contribution < -0.4 is 0 Å². The highest BCUT2D eigenvalue weighted by atomic mass is 18.0. The van der Waals surface area contributed by atoms with Crippen molar-refractivity contribution >= 4 is 46.7 Å². The molecule has 0 saturated heterocycles. The number of carbonyl (C=O) groups is 8. The molecule has 412 valence electrons. The number of ether oxygens (including phenoxy) is 1. The summed E-state index contributed by atoms with van der Waals surface area (Å²) in [6, 6.07) is 8.97. The number of imide groups is 1. The predicted molar refractivity (Wildman–Crippen MR) is 204 cm³/mol. The Labute approximate surface area is 408 Å². The fourth-order valence-corrected chi connectivity index (χ4v) is 5.69. The van der Waals surface area contributed by atoms with E-state index in [1.807, 2.05) is 0 Å². The van der Waals surface area contributed by atoms with Crippen LogP contribution >= 0.6 is 0 Å². The van der Waals surface area contributed by atoms with Crippen LogP contribution in [0, 0.1) is 11.3 Å². The van der Waals surface area contributed by atoms with Crippen molar-refractivity contribution in [3.05, 3.63) is 48.0 Å². The number of hydrogen-bond donors (Lipinski definition) is 0. The Balaban J connectivity index is 2.08. The smallest absolute Gasteiger partial charge is 0.305 e. The van der Waals surface area contributed by atoms with Crippen LogP contribution in [-0.2, 0) is 180 Å². The van der Waals surface area contributed by atoms with Gasteiger partial charge in [0.2, 0.25) is 0 Å². The Bertz CT molecular complexity index is 1740. The number of benzene rings is 1. The molecule has 0 fully saturated rings. The standard InChI is InChI=1S/C37H49NO35/c1-27(39)15-16-33(43)29(21-28-9-5-4-6-10-28)22-31(41)12-8-14-36(46)49-24-37(25-50-54-58-62-66-70-72-68-64-60-56-52-47-2,26-51-55-59-63-67-71-73-69-65-61-57-53-48-3)23-32(42)13-7-11-30(40)19-20-38-34(44)17-18-35(38)45/h4-6,9-10,17-18,29H,7-8,11-16,19-26H2,1-3H3. The lowest BCUT2D eigenvalue weighted by molar-refractivity contribution is -0.870. The Morgan fingerprint density at radius 1 is 0.507 bits per heavy atom. The molecule has 1 atom stereocenters. The second-order valence-corrected chi connectivity index (χ2v) is 14.2. The lowest BCUT2D eigenvalue weighted by atomic mass is 9.84. The second kappa shape index (κ2) is 41.3. The summed E-state index contributed by atoms with van der Waals surface area (Å²) in [7, 11) is 2.11. The predicted octanol–water partition coefficient (Wildman–Crippen LogP) is 2.11. The molecule has 0 spiro atoms. The molecule has 73 heavy (non-hydrogen) atoms. The van der Waals surface area contributed by atoms with Crippen LogP contribution in [0.2, 0.25) is 0 Å². The Kier molecular flexibility index (Phi) is 36.2. The van der Waals surface area contributed by atoms with E-state index in [-0.39, 0.29) is 100 Å². The van der Waals surface area contributed by atoms with Gasteiger partial charge in [-0.25, -0.2) is 19.6 Å². The third-order valence-corrected chi connectivity index (χ3v) is 8.87. The van der Waals surface area contributed by atoms with Gasteiger partial charge >= 0.3 is 5.97 Å². The molecule has 0 radical (unpaired) electrons. The van der Waals surface area contributed by atoms with E-state index in [4.69, 9.17) is 14.5 Å². The molecule has 2 amide bonds. The number of amides is 2. The first-order valence-corrected chi connectivity index (χ1v) is 20.7. The largest absolute Gasteiger partial charge is 0.465 e. The lowest BCUT2D eigenvalue weighted by Gasteiger charge is -2.30. The normalized spacial score (nSPS) is 12.9. The second-order valence-electron chi connectivity index (χ2n) is 14.2. The van der Waals surface area contributed by atoms with Crippen molar-refractivity contribution < 1.29 is 173 Å². The number of rotatable bonds is 51. The summed E-state index contributed by atoms with van der Waals surface area (Å²) < 4.78 is 5.45. The van der Waals surface area contributed by atoms with Gasteiger partial charge in [-0.3, -0.25) is 38.5 Å². The Morgan fingerprint density at radius 2 is 0.959 bits per heavy atom. The fourth-order valence-electron chi connectivity index (χ4n) is 5.69. The molecule has 0 aliphatic carbocycles. The molecule has 1 aromatic rings. The van der Waals surface area contributed by atoms with Crippen molar-refractivity contribution in [3.8, 4) is 0 Å². The average molecular weight is 1070 g/mol. The molecule has 2 rings (SSSR count). The molecule has 1 aromatic carbocycles. The molecule has 36 nitrogen and oxygen atoms in total. The van der Waals surface area contributed by atoms with Gasteiger partial charge in [0.25, 0.3) is 11.8 Å². The van der Waals surface area contributed by atoms with E-state index in [0.717, 1.165) is 36.8 Å². The first kappa shape index (κ1) is 64.0. The summed E-state index contributed by atoms with van der Waals surface area (Å²) in [5.41, 5.74) is -1.04. The zero-order valence-electron chi connectivity index (χ0n) is 38.7. The molecule has 1 aliphatic heterocycles. The van der Waals surface area contributed by atoms with Gasteiger partial charge in [-0.05, 0) is 143 Å². The van der Waals surface area contributed by atoms with E-state index in [9.17, 15) is 38.4 Å². The summed E-state index contributed by atoms with van der Waals surface area (Å²) >= 11 is 0. The van der Waals surface area contributed by atoms with Gasteiger partial charge in [0.05, 0.1) is 32.8 Å². The summed E-state index contributed by atoms with van der Waals surface area (Å²) in [5.74, 6) is -4.53. The minimum atomic E-state index is -1.85. The van der Waals surface area contributed by atoms with Gasteiger partial charge in [0.15, 0.2) is 0 Å². The maximum Gasteiger partial charge on any atom is 0.305 e. The Hall–Kier alpha value is -5.12. The van der Waals surface area contributed by atoms with E-state index in [0.29, 0.717) is 0 Å². The van der Waals surface area contributed by atoms with Crippen molar-refractivity contribution in [3.63, 3.8) is 0 Å². The van der Waals surface area contributed by atoms with Crippen molar-refractivity contribution in [2.45, 2.75) is 84.0 Å². The number of hydrogen-bond acceptors (Lipinski definition) is 35. The van der Waals surface area contributed by atoms with Crippen molar-refractivity contribution in [1.29, 1.82) is 0 Å². The SMILES string of the molecule is COOOOOOOOOOOOOCC(COOOOOOOOOOOOOC)(COC(=O)CCCC(=O)CC(Cc1ccccc1)C(=O)CCC(C)=O)CC(=O)CCCC(=O)CCN1C(=O)C=CC1=O. The van der Waals surface area contributed by atoms with Crippen LogP contribution in [0.4, 0.5) is 0 Å². The van der Waals surface area contributed by atoms with Crippen LogP contribution in [-0.4, -0.2) is 92.2 Å². The first-order valence-electron chi connectivity index (χ1n) is 20.7. The zero-order chi connectivity index (χ0) is 53.2. The van der Waals surface area contributed by atoms with Crippen LogP contribution in [0.25, 0.3) is 0 Å². The number of esters is 1. The molecular weight excluding hydrogens is 1020 g/mol.